The summed E-state index contributed by atoms with van der Waals surface area (Å²) in [6, 6.07) is 1.53. The van der Waals surface area contributed by atoms with Crippen LogP contribution in [0.2, 0.25) is 0 Å². The minimum absolute atomic E-state index is 0.0842. The number of amides is 1. The average Bonchev–Trinajstić information content (AvgIpc) is 3.40. The first-order valence-electron chi connectivity index (χ1n) is 13.8. The van der Waals surface area contributed by atoms with Crippen molar-refractivity contribution in [3.05, 3.63) is 23.4 Å². The highest BCUT2D eigenvalue weighted by molar-refractivity contribution is 5.97. The molecule has 36 heavy (non-hydrogen) atoms. The number of aliphatic hydroxyl groups is 1. The van der Waals surface area contributed by atoms with E-state index in [1.54, 1.807) is 11.1 Å². The Morgan fingerprint density at radius 1 is 1.19 bits per heavy atom. The normalized spacial score (nSPS) is 24.5. The van der Waals surface area contributed by atoms with Gasteiger partial charge in [-0.2, -0.15) is 0 Å². The van der Waals surface area contributed by atoms with Crippen molar-refractivity contribution in [3.8, 4) is 17.7 Å². The predicted octanol–water partition coefficient (Wildman–Crippen LogP) is 3.59. The smallest absolute Gasteiger partial charge is 0.259 e. The van der Waals surface area contributed by atoms with E-state index in [-0.39, 0.29) is 30.6 Å². The van der Waals surface area contributed by atoms with Gasteiger partial charge >= 0.3 is 0 Å². The molecule has 1 aliphatic carbocycles. The monoisotopic (exact) mass is 497 g/mol. The van der Waals surface area contributed by atoms with Crippen molar-refractivity contribution < 1.29 is 19.4 Å². The van der Waals surface area contributed by atoms with E-state index >= 15 is 0 Å². The molecule has 1 N–H and O–H groups in total. The number of aliphatic hydroxyl groups excluding tert-OH is 1. The van der Waals surface area contributed by atoms with Gasteiger partial charge < -0.3 is 24.4 Å². The lowest BCUT2D eigenvalue weighted by Crippen LogP contribution is -2.50. The quantitative estimate of drug-likeness (QED) is 0.581. The molecule has 0 bridgehead atoms. The molecule has 3 aliphatic rings. The van der Waals surface area contributed by atoms with Crippen molar-refractivity contribution in [1.82, 2.24) is 14.8 Å². The van der Waals surface area contributed by atoms with Crippen LogP contribution in [-0.4, -0.2) is 84.4 Å². The lowest BCUT2D eigenvalue weighted by molar-refractivity contribution is 0.0254. The van der Waals surface area contributed by atoms with Gasteiger partial charge in [-0.05, 0) is 57.6 Å². The molecular formula is C29H43N3O4. The Morgan fingerprint density at radius 3 is 2.67 bits per heavy atom. The Labute approximate surface area is 216 Å². The summed E-state index contributed by atoms with van der Waals surface area (Å²) in [4.78, 5) is 22.3. The number of likely N-dealkylation sites (N-methyl/N-ethyl adjacent to an activating group) is 1. The van der Waals surface area contributed by atoms with Crippen LogP contribution in [0.1, 0.15) is 74.7 Å². The fourth-order valence-electron chi connectivity index (χ4n) is 5.65. The van der Waals surface area contributed by atoms with E-state index in [1.165, 1.54) is 25.7 Å². The Bertz CT molecular complexity index is 930. The molecular weight excluding hydrogens is 454 g/mol. The zero-order chi connectivity index (χ0) is 25.5. The van der Waals surface area contributed by atoms with E-state index in [0.29, 0.717) is 29.8 Å². The Kier molecular flexibility index (Phi) is 9.64. The molecule has 0 unspecified atom stereocenters. The van der Waals surface area contributed by atoms with Crippen LogP contribution in [0.3, 0.4) is 0 Å². The van der Waals surface area contributed by atoms with Crippen LogP contribution in [-0.2, 0) is 4.74 Å². The third-order valence-corrected chi connectivity index (χ3v) is 8.02. The first kappa shape index (κ1) is 26.9. The summed E-state index contributed by atoms with van der Waals surface area (Å²) in [5, 5.41) is 9.89. The second-order valence-corrected chi connectivity index (χ2v) is 11.1. The Hall–Kier alpha value is -2.14. The van der Waals surface area contributed by atoms with Gasteiger partial charge in [0.1, 0.15) is 11.7 Å². The SMILES string of the molecule is C[C@H](CO)N1C[C@H](C)[C@@H](CN(C)CC2CCOCC2)Oc2ncc(C#CCC3CCCC3)cc2C1=O. The number of hydrogen-bond acceptors (Lipinski definition) is 6. The lowest BCUT2D eigenvalue weighted by atomic mass is 9.97. The van der Waals surface area contributed by atoms with Gasteiger partial charge in [0.05, 0.1) is 12.6 Å². The summed E-state index contributed by atoms with van der Waals surface area (Å²) in [5.74, 6) is 8.16. The molecule has 2 aliphatic heterocycles. The summed E-state index contributed by atoms with van der Waals surface area (Å²) in [7, 11) is 2.14. The molecule has 2 fully saturated rings. The number of pyridine rings is 1. The molecule has 1 amide bonds. The highest BCUT2D eigenvalue weighted by Crippen LogP contribution is 2.29. The van der Waals surface area contributed by atoms with Gasteiger partial charge in [0.15, 0.2) is 0 Å². The summed E-state index contributed by atoms with van der Waals surface area (Å²) in [6.07, 6.45) is 9.83. The molecule has 4 rings (SSSR count). The predicted molar refractivity (Wildman–Crippen MR) is 140 cm³/mol. The van der Waals surface area contributed by atoms with E-state index in [1.807, 2.05) is 13.0 Å². The van der Waals surface area contributed by atoms with Crippen molar-refractivity contribution in [1.29, 1.82) is 0 Å². The molecule has 1 aromatic rings. The van der Waals surface area contributed by atoms with Crippen LogP contribution in [0.15, 0.2) is 12.3 Å². The van der Waals surface area contributed by atoms with E-state index in [4.69, 9.17) is 9.47 Å². The molecule has 1 aromatic heterocycles. The van der Waals surface area contributed by atoms with E-state index in [9.17, 15) is 9.90 Å². The molecule has 7 heteroatoms. The fourth-order valence-corrected chi connectivity index (χ4v) is 5.65. The van der Waals surface area contributed by atoms with Gasteiger partial charge in [-0.25, -0.2) is 4.98 Å². The van der Waals surface area contributed by atoms with Gasteiger partial charge in [-0.1, -0.05) is 31.6 Å². The molecule has 1 saturated carbocycles. The summed E-state index contributed by atoms with van der Waals surface area (Å²) >= 11 is 0. The van der Waals surface area contributed by atoms with Gasteiger partial charge in [-0.15, -0.1) is 0 Å². The lowest BCUT2D eigenvalue weighted by Gasteiger charge is -2.38. The topological polar surface area (TPSA) is 75.1 Å². The molecule has 198 valence electrons. The number of fused-ring (bicyclic) bond motifs is 1. The van der Waals surface area contributed by atoms with Crippen molar-refractivity contribution in [3.63, 3.8) is 0 Å². The van der Waals surface area contributed by atoms with Crippen molar-refractivity contribution in [2.24, 2.45) is 17.8 Å². The fraction of sp³-hybridized carbons (Fsp3) is 0.724. The third-order valence-electron chi connectivity index (χ3n) is 8.02. The molecule has 0 spiro atoms. The van der Waals surface area contributed by atoms with Crippen LogP contribution < -0.4 is 4.74 Å². The Balaban J connectivity index is 1.53. The minimum atomic E-state index is -0.288. The van der Waals surface area contributed by atoms with Crippen LogP contribution in [0.4, 0.5) is 0 Å². The van der Waals surface area contributed by atoms with Gasteiger partial charge in [0, 0.05) is 56.9 Å². The third kappa shape index (κ3) is 7.00. The van der Waals surface area contributed by atoms with Crippen molar-refractivity contribution >= 4 is 5.91 Å². The van der Waals surface area contributed by atoms with Gasteiger partial charge in [0.25, 0.3) is 5.91 Å². The highest BCUT2D eigenvalue weighted by atomic mass is 16.5. The average molecular weight is 498 g/mol. The molecule has 0 radical (unpaired) electrons. The molecule has 0 aromatic carbocycles. The standard InChI is InChI=1S/C29H43N3O4/c1-21-17-32(22(2)20-33)29(34)26-15-25(10-6-9-23-7-4-5-8-23)16-30-28(26)36-27(21)19-31(3)18-24-11-13-35-14-12-24/h15-16,21-24,27,33H,4-5,7-9,11-14,17-20H2,1-3H3/t21-,22+,27+/m0/s1. The van der Waals surface area contributed by atoms with Crippen LogP contribution in [0, 0.1) is 29.6 Å². The second-order valence-electron chi connectivity index (χ2n) is 11.1. The van der Waals surface area contributed by atoms with Crippen LogP contribution >= 0.6 is 0 Å². The zero-order valence-electron chi connectivity index (χ0n) is 22.2. The maximum absolute atomic E-state index is 13.6. The minimum Gasteiger partial charge on any atom is -0.472 e. The summed E-state index contributed by atoms with van der Waals surface area (Å²) in [6.45, 7) is 7.87. The highest BCUT2D eigenvalue weighted by Gasteiger charge is 2.34. The zero-order valence-corrected chi connectivity index (χ0v) is 22.2. The van der Waals surface area contributed by atoms with E-state index < -0.39 is 0 Å². The number of carbonyl (C=O) groups is 1. The number of nitrogens with zero attached hydrogens (tertiary/aromatic N) is 3. The molecule has 3 heterocycles. The number of ether oxygens (including phenoxy) is 2. The molecule has 1 saturated heterocycles. The number of rotatable bonds is 7. The van der Waals surface area contributed by atoms with E-state index in [2.05, 4.69) is 35.7 Å². The summed E-state index contributed by atoms with van der Waals surface area (Å²) in [5.41, 5.74) is 1.18. The number of hydrogen-bond donors (Lipinski definition) is 1. The van der Waals surface area contributed by atoms with E-state index in [0.717, 1.165) is 51.1 Å². The van der Waals surface area contributed by atoms with Gasteiger partial charge in [-0.3, -0.25) is 4.79 Å². The molecule has 7 nitrogen and oxygen atoms in total. The van der Waals surface area contributed by atoms with Crippen molar-refractivity contribution in [2.45, 2.75) is 70.9 Å². The van der Waals surface area contributed by atoms with Crippen LogP contribution in [0.25, 0.3) is 0 Å². The number of carbonyl (C=O) groups excluding carboxylic acids is 1. The Morgan fingerprint density at radius 2 is 1.94 bits per heavy atom. The maximum atomic E-state index is 13.6. The summed E-state index contributed by atoms with van der Waals surface area (Å²) < 4.78 is 12.0. The van der Waals surface area contributed by atoms with Crippen molar-refractivity contribution in [2.75, 3.05) is 46.5 Å². The second kappa shape index (κ2) is 12.9. The largest absolute Gasteiger partial charge is 0.472 e. The van der Waals surface area contributed by atoms with Crippen LogP contribution in [0.5, 0.6) is 5.88 Å². The maximum Gasteiger partial charge on any atom is 0.259 e. The first-order chi connectivity index (χ1) is 17.4. The number of aromatic nitrogens is 1. The van der Waals surface area contributed by atoms with Gasteiger partial charge in [0.2, 0.25) is 5.88 Å². The first-order valence-corrected chi connectivity index (χ1v) is 13.8. The molecule has 3 atom stereocenters.